The molecule has 0 amide bonds. The maximum Gasteiger partial charge on any atom is 0.125 e. The van der Waals surface area contributed by atoms with Gasteiger partial charge in [0, 0.05) is 5.69 Å². The van der Waals surface area contributed by atoms with Gasteiger partial charge >= 0.3 is 0 Å². The summed E-state index contributed by atoms with van der Waals surface area (Å²) in [5.41, 5.74) is 0.894. The van der Waals surface area contributed by atoms with Gasteiger partial charge in [0.05, 0.1) is 18.2 Å². The van der Waals surface area contributed by atoms with Crippen LogP contribution >= 0.6 is 0 Å². The van der Waals surface area contributed by atoms with Crippen molar-refractivity contribution in [2.24, 2.45) is 0 Å². The van der Waals surface area contributed by atoms with Crippen LogP contribution in [0.4, 0.5) is 10.1 Å². The lowest BCUT2D eigenvalue weighted by atomic mass is 9.88. The van der Waals surface area contributed by atoms with Gasteiger partial charge in [0.2, 0.25) is 0 Å². The van der Waals surface area contributed by atoms with Gasteiger partial charge in [-0.2, -0.15) is 0 Å². The third kappa shape index (κ3) is 2.49. The molecular formula is C14H19FN2O. The summed E-state index contributed by atoms with van der Waals surface area (Å²) in [4.78, 5) is 0. The number of hydrogen-bond acceptors (Lipinski definition) is 3. The van der Waals surface area contributed by atoms with Crippen LogP contribution in [0.2, 0.25) is 0 Å². The minimum absolute atomic E-state index is 0.0518. The summed E-state index contributed by atoms with van der Waals surface area (Å²) in [5.74, 6) is -0.199. The quantitative estimate of drug-likeness (QED) is 0.843. The maximum atomic E-state index is 13.1. The maximum absolute atomic E-state index is 13.1. The Morgan fingerprint density at radius 2 is 2.17 bits per heavy atom. The number of hydrogen-bond donors (Lipinski definition) is 2. The molecule has 1 aromatic carbocycles. The Bertz CT molecular complexity index is 418. The fourth-order valence-corrected chi connectivity index (χ4v) is 2.98. The minimum atomic E-state index is -0.199. The lowest BCUT2D eigenvalue weighted by molar-refractivity contribution is -0.0192. The zero-order chi connectivity index (χ0) is 12.4. The van der Waals surface area contributed by atoms with E-state index in [2.05, 4.69) is 10.6 Å². The highest BCUT2D eigenvalue weighted by Gasteiger charge is 2.41. The Balaban J connectivity index is 1.62. The van der Waals surface area contributed by atoms with Crippen LogP contribution in [-0.4, -0.2) is 31.3 Å². The zero-order valence-electron chi connectivity index (χ0n) is 10.4. The smallest absolute Gasteiger partial charge is 0.125 e. The number of ether oxygens (including phenoxy) is 1. The van der Waals surface area contributed by atoms with E-state index in [9.17, 15) is 4.39 Å². The second kappa shape index (κ2) is 4.86. The van der Waals surface area contributed by atoms with Crippen LogP contribution in [0.1, 0.15) is 19.3 Å². The highest BCUT2D eigenvalue weighted by atomic mass is 19.1. The third-order valence-electron chi connectivity index (χ3n) is 3.92. The summed E-state index contributed by atoms with van der Waals surface area (Å²) in [6, 6.07) is 6.92. The molecule has 0 radical (unpaired) electrons. The Hall–Kier alpha value is -1.13. The number of benzene rings is 1. The summed E-state index contributed by atoms with van der Waals surface area (Å²) in [7, 11) is 0. The second-order valence-corrected chi connectivity index (χ2v) is 5.30. The summed E-state index contributed by atoms with van der Waals surface area (Å²) in [6.45, 7) is 2.79. The SMILES string of the molecule is Fc1cccc(NC2COC3(CCNCC3)C2)c1. The second-order valence-electron chi connectivity index (χ2n) is 5.30. The van der Waals surface area contributed by atoms with Crippen molar-refractivity contribution < 1.29 is 9.13 Å². The molecule has 3 nitrogen and oxygen atoms in total. The molecule has 2 aliphatic rings. The molecule has 2 heterocycles. The van der Waals surface area contributed by atoms with Gasteiger partial charge in [-0.05, 0) is 50.6 Å². The first-order valence-electron chi connectivity index (χ1n) is 6.63. The van der Waals surface area contributed by atoms with Crippen LogP contribution in [0.25, 0.3) is 0 Å². The molecule has 18 heavy (non-hydrogen) atoms. The van der Waals surface area contributed by atoms with Crippen LogP contribution in [0, 0.1) is 5.82 Å². The molecule has 0 saturated carbocycles. The number of halogens is 1. The third-order valence-corrected chi connectivity index (χ3v) is 3.92. The number of nitrogens with one attached hydrogen (secondary N) is 2. The van der Waals surface area contributed by atoms with E-state index in [1.807, 2.05) is 6.07 Å². The van der Waals surface area contributed by atoms with E-state index in [1.165, 1.54) is 12.1 Å². The van der Waals surface area contributed by atoms with Gasteiger partial charge in [-0.1, -0.05) is 6.07 Å². The molecule has 0 aliphatic carbocycles. The van der Waals surface area contributed by atoms with Gasteiger partial charge in [0.25, 0.3) is 0 Å². The predicted molar refractivity (Wildman–Crippen MR) is 69.2 cm³/mol. The number of rotatable bonds is 2. The summed E-state index contributed by atoms with van der Waals surface area (Å²) in [5, 5.41) is 6.73. The Morgan fingerprint density at radius 3 is 2.94 bits per heavy atom. The van der Waals surface area contributed by atoms with Gasteiger partial charge in [-0.25, -0.2) is 4.39 Å². The molecule has 2 N–H and O–H groups in total. The molecule has 2 aliphatic heterocycles. The average molecular weight is 250 g/mol. The first-order valence-corrected chi connectivity index (χ1v) is 6.63. The molecule has 0 aromatic heterocycles. The average Bonchev–Trinajstić information content (AvgIpc) is 2.73. The molecule has 1 aromatic rings. The molecule has 3 rings (SSSR count). The summed E-state index contributed by atoms with van der Waals surface area (Å²) >= 11 is 0. The Morgan fingerprint density at radius 1 is 1.33 bits per heavy atom. The molecule has 4 heteroatoms. The van der Waals surface area contributed by atoms with Crippen LogP contribution in [0.3, 0.4) is 0 Å². The van der Waals surface area contributed by atoms with E-state index in [1.54, 1.807) is 6.07 Å². The fraction of sp³-hybridized carbons (Fsp3) is 0.571. The number of piperidine rings is 1. The zero-order valence-corrected chi connectivity index (χ0v) is 10.4. The molecule has 2 fully saturated rings. The molecule has 0 bridgehead atoms. The molecular weight excluding hydrogens is 231 g/mol. The van der Waals surface area contributed by atoms with Crippen molar-refractivity contribution in [2.75, 3.05) is 25.0 Å². The van der Waals surface area contributed by atoms with E-state index in [0.29, 0.717) is 6.04 Å². The molecule has 1 spiro atoms. The van der Waals surface area contributed by atoms with Crippen molar-refractivity contribution in [1.82, 2.24) is 5.32 Å². The summed E-state index contributed by atoms with van der Waals surface area (Å²) < 4.78 is 19.1. The van der Waals surface area contributed by atoms with Crippen LogP contribution < -0.4 is 10.6 Å². The van der Waals surface area contributed by atoms with Crippen molar-refractivity contribution in [1.29, 1.82) is 0 Å². The van der Waals surface area contributed by atoms with Crippen molar-refractivity contribution in [3.8, 4) is 0 Å². The van der Waals surface area contributed by atoms with Crippen LogP contribution in [-0.2, 0) is 4.74 Å². The highest BCUT2D eigenvalue weighted by Crippen LogP contribution is 2.35. The molecule has 1 atom stereocenters. The Labute approximate surface area is 107 Å². The van der Waals surface area contributed by atoms with Crippen LogP contribution in [0.5, 0.6) is 0 Å². The normalized spacial score (nSPS) is 26.4. The first kappa shape index (κ1) is 11.9. The highest BCUT2D eigenvalue weighted by molar-refractivity contribution is 5.44. The number of anilines is 1. The van der Waals surface area contributed by atoms with Gasteiger partial charge < -0.3 is 15.4 Å². The Kier molecular flexibility index (Phi) is 3.22. The van der Waals surface area contributed by atoms with E-state index >= 15 is 0 Å². The van der Waals surface area contributed by atoms with Gasteiger partial charge in [0.15, 0.2) is 0 Å². The lowest BCUT2D eigenvalue weighted by Gasteiger charge is -2.32. The summed E-state index contributed by atoms with van der Waals surface area (Å²) in [6.07, 6.45) is 3.17. The van der Waals surface area contributed by atoms with E-state index in [4.69, 9.17) is 4.74 Å². The van der Waals surface area contributed by atoms with Gasteiger partial charge in [-0.3, -0.25) is 0 Å². The predicted octanol–water partition coefficient (Wildman–Crippen LogP) is 2.15. The van der Waals surface area contributed by atoms with Crippen molar-refractivity contribution >= 4 is 5.69 Å². The first-order chi connectivity index (χ1) is 8.76. The van der Waals surface area contributed by atoms with Gasteiger partial charge in [0.1, 0.15) is 5.82 Å². The standard InChI is InChI=1S/C14H19FN2O/c15-11-2-1-3-12(8-11)17-13-9-14(18-10-13)4-6-16-7-5-14/h1-3,8,13,16-17H,4-7,9-10H2. The molecule has 98 valence electrons. The van der Waals surface area contributed by atoms with E-state index in [-0.39, 0.29) is 11.4 Å². The van der Waals surface area contributed by atoms with Crippen molar-refractivity contribution in [3.05, 3.63) is 30.1 Å². The molecule has 2 saturated heterocycles. The van der Waals surface area contributed by atoms with Crippen LogP contribution in [0.15, 0.2) is 24.3 Å². The van der Waals surface area contributed by atoms with Crippen molar-refractivity contribution in [2.45, 2.75) is 30.9 Å². The largest absolute Gasteiger partial charge is 0.380 e. The topological polar surface area (TPSA) is 33.3 Å². The monoisotopic (exact) mass is 250 g/mol. The van der Waals surface area contributed by atoms with Gasteiger partial charge in [-0.15, -0.1) is 0 Å². The van der Waals surface area contributed by atoms with E-state index < -0.39 is 0 Å². The molecule has 1 unspecified atom stereocenters. The minimum Gasteiger partial charge on any atom is -0.380 e. The van der Waals surface area contributed by atoms with Crippen molar-refractivity contribution in [3.63, 3.8) is 0 Å². The fourth-order valence-electron chi connectivity index (χ4n) is 2.98. The van der Waals surface area contributed by atoms with E-state index in [0.717, 1.165) is 44.6 Å². The lowest BCUT2D eigenvalue weighted by Crippen LogP contribution is -2.41.